The lowest BCUT2D eigenvalue weighted by Crippen LogP contribution is -2.38. The van der Waals surface area contributed by atoms with E-state index in [4.69, 9.17) is 0 Å². The molecule has 0 radical (unpaired) electrons. The molecule has 0 spiro atoms. The first-order valence-electron chi connectivity index (χ1n) is 7.73. The zero-order valence-corrected chi connectivity index (χ0v) is 12.9. The highest BCUT2D eigenvalue weighted by Crippen LogP contribution is 2.17. The average molecular weight is 291 g/mol. The van der Waals surface area contributed by atoms with Crippen LogP contribution in [0.15, 0.2) is 18.3 Å². The number of aromatic nitrogens is 1. The lowest BCUT2D eigenvalue weighted by Gasteiger charge is -2.19. The van der Waals surface area contributed by atoms with Crippen molar-refractivity contribution in [1.29, 1.82) is 0 Å². The molecule has 0 aliphatic carbocycles. The second-order valence-corrected chi connectivity index (χ2v) is 6.08. The molecule has 0 bridgehead atoms. The minimum atomic E-state index is -0.198. The molecule has 1 fully saturated rings. The van der Waals surface area contributed by atoms with Gasteiger partial charge in [-0.3, -0.25) is 4.79 Å². The van der Waals surface area contributed by atoms with E-state index in [1.165, 1.54) is 12.8 Å². The molecule has 1 aliphatic heterocycles. The Kier molecular flexibility index (Phi) is 5.56. The normalized spacial score (nSPS) is 16.3. The van der Waals surface area contributed by atoms with Crippen molar-refractivity contribution in [2.45, 2.75) is 39.2 Å². The van der Waals surface area contributed by atoms with Gasteiger partial charge in [-0.1, -0.05) is 13.8 Å². The maximum absolute atomic E-state index is 12.2. The summed E-state index contributed by atoms with van der Waals surface area (Å²) in [5.74, 6) is 1.19. The van der Waals surface area contributed by atoms with Crippen LogP contribution in [0.25, 0.3) is 0 Å². The number of nitrogens with zero attached hydrogens (tertiary/aromatic N) is 2. The molecule has 0 unspecified atom stereocenters. The third-order valence-corrected chi connectivity index (χ3v) is 3.75. The zero-order chi connectivity index (χ0) is 15.2. The fourth-order valence-corrected chi connectivity index (χ4v) is 2.67. The number of aliphatic hydroxyl groups is 1. The van der Waals surface area contributed by atoms with E-state index in [9.17, 15) is 9.90 Å². The summed E-state index contributed by atoms with van der Waals surface area (Å²) in [6, 6.07) is 3.51. The van der Waals surface area contributed by atoms with Gasteiger partial charge in [-0.15, -0.1) is 0 Å². The number of hydrogen-bond donors (Lipinski definition) is 2. The van der Waals surface area contributed by atoms with Crippen molar-refractivity contribution in [3.8, 4) is 0 Å². The largest absolute Gasteiger partial charge is 0.394 e. The minimum Gasteiger partial charge on any atom is -0.394 e. The number of carbonyl (C=O) groups excluding carboxylic acids is 1. The lowest BCUT2D eigenvalue weighted by atomic mass is 10.0. The van der Waals surface area contributed by atoms with E-state index in [1.54, 1.807) is 12.3 Å². The van der Waals surface area contributed by atoms with Crippen LogP contribution in [-0.2, 0) is 0 Å². The Morgan fingerprint density at radius 3 is 2.62 bits per heavy atom. The van der Waals surface area contributed by atoms with Crippen LogP contribution >= 0.6 is 0 Å². The molecular weight excluding hydrogens is 266 g/mol. The minimum absolute atomic E-state index is 0.0385. The van der Waals surface area contributed by atoms with E-state index in [1.807, 2.05) is 6.07 Å². The van der Waals surface area contributed by atoms with E-state index < -0.39 is 0 Å². The number of rotatable bonds is 6. The molecule has 1 aromatic heterocycles. The highest BCUT2D eigenvalue weighted by Gasteiger charge is 2.16. The van der Waals surface area contributed by atoms with Gasteiger partial charge in [0.15, 0.2) is 0 Å². The summed E-state index contributed by atoms with van der Waals surface area (Å²) in [6.07, 6.45) is 4.79. The van der Waals surface area contributed by atoms with Crippen LogP contribution in [-0.4, -0.2) is 41.7 Å². The second kappa shape index (κ2) is 7.41. The van der Waals surface area contributed by atoms with Crippen LogP contribution in [0.5, 0.6) is 0 Å². The van der Waals surface area contributed by atoms with Crippen LogP contribution in [0, 0.1) is 5.92 Å². The number of aliphatic hydroxyl groups excluding tert-OH is 1. The van der Waals surface area contributed by atoms with Crippen LogP contribution in [0.4, 0.5) is 5.82 Å². The number of amides is 1. The Labute approximate surface area is 126 Å². The van der Waals surface area contributed by atoms with Crippen molar-refractivity contribution in [3.05, 3.63) is 23.9 Å². The molecule has 0 saturated carbocycles. The summed E-state index contributed by atoms with van der Waals surface area (Å²) in [5, 5.41) is 12.2. The van der Waals surface area contributed by atoms with Crippen LogP contribution in [0.2, 0.25) is 0 Å². The van der Waals surface area contributed by atoms with Crippen LogP contribution in [0.1, 0.15) is 43.5 Å². The molecule has 21 heavy (non-hydrogen) atoms. The third-order valence-electron chi connectivity index (χ3n) is 3.75. The topological polar surface area (TPSA) is 65.5 Å². The van der Waals surface area contributed by atoms with Crippen molar-refractivity contribution < 1.29 is 9.90 Å². The molecule has 5 nitrogen and oxygen atoms in total. The molecule has 5 heteroatoms. The van der Waals surface area contributed by atoms with Gasteiger partial charge in [0.2, 0.25) is 0 Å². The lowest BCUT2D eigenvalue weighted by molar-refractivity contribution is 0.0908. The first-order valence-corrected chi connectivity index (χ1v) is 7.73. The quantitative estimate of drug-likeness (QED) is 0.839. The Balaban J connectivity index is 1.95. The molecule has 0 aromatic carbocycles. The van der Waals surface area contributed by atoms with Crippen molar-refractivity contribution in [2.24, 2.45) is 5.92 Å². The molecule has 116 valence electrons. The maximum atomic E-state index is 12.2. The van der Waals surface area contributed by atoms with E-state index in [0.717, 1.165) is 25.3 Å². The van der Waals surface area contributed by atoms with Crippen molar-refractivity contribution in [2.75, 3.05) is 24.6 Å². The molecular formula is C16H25N3O2. The number of hydrogen-bond acceptors (Lipinski definition) is 4. The summed E-state index contributed by atoms with van der Waals surface area (Å²) in [4.78, 5) is 18.8. The van der Waals surface area contributed by atoms with Gasteiger partial charge in [0.1, 0.15) is 5.82 Å². The summed E-state index contributed by atoms with van der Waals surface area (Å²) < 4.78 is 0. The molecule has 1 saturated heterocycles. The number of pyridine rings is 1. The highest BCUT2D eigenvalue weighted by atomic mass is 16.3. The van der Waals surface area contributed by atoms with Gasteiger partial charge in [0, 0.05) is 19.3 Å². The van der Waals surface area contributed by atoms with Crippen molar-refractivity contribution >= 4 is 11.7 Å². The molecule has 2 rings (SSSR count). The molecule has 2 N–H and O–H groups in total. The summed E-state index contributed by atoms with van der Waals surface area (Å²) >= 11 is 0. The summed E-state index contributed by atoms with van der Waals surface area (Å²) in [6.45, 7) is 6.19. The van der Waals surface area contributed by atoms with Crippen molar-refractivity contribution in [1.82, 2.24) is 10.3 Å². The first-order chi connectivity index (χ1) is 10.1. The number of nitrogens with one attached hydrogen (secondary N) is 1. The standard InChI is InChI=1S/C16H25N3O2/c1-12(2)9-14(11-20)18-16(21)13-5-6-15(17-10-13)19-7-3-4-8-19/h5-6,10,12,14,20H,3-4,7-9,11H2,1-2H3,(H,18,21)/t14-/m1/s1. The average Bonchev–Trinajstić information content (AvgIpc) is 3.00. The number of carbonyl (C=O) groups is 1. The van der Waals surface area contributed by atoms with Gasteiger partial charge < -0.3 is 15.3 Å². The van der Waals surface area contributed by atoms with Gasteiger partial charge in [-0.25, -0.2) is 4.98 Å². The van der Waals surface area contributed by atoms with Gasteiger partial charge in [0.05, 0.1) is 18.2 Å². The van der Waals surface area contributed by atoms with E-state index in [0.29, 0.717) is 11.5 Å². The Morgan fingerprint density at radius 2 is 2.10 bits per heavy atom. The third kappa shape index (κ3) is 4.43. The van der Waals surface area contributed by atoms with Crippen LogP contribution in [0.3, 0.4) is 0 Å². The van der Waals surface area contributed by atoms with E-state index in [2.05, 4.69) is 29.0 Å². The van der Waals surface area contributed by atoms with Gasteiger partial charge >= 0.3 is 0 Å². The summed E-state index contributed by atoms with van der Waals surface area (Å²) in [5.41, 5.74) is 0.542. The first kappa shape index (κ1) is 15.8. The predicted octanol–water partition coefficient (Wildman–Crippen LogP) is 1.82. The molecule has 1 aromatic rings. The Hall–Kier alpha value is -1.62. The second-order valence-electron chi connectivity index (χ2n) is 6.08. The van der Waals surface area contributed by atoms with E-state index in [-0.39, 0.29) is 18.6 Å². The fourth-order valence-electron chi connectivity index (χ4n) is 2.67. The molecule has 1 aliphatic rings. The van der Waals surface area contributed by atoms with Crippen LogP contribution < -0.4 is 10.2 Å². The SMILES string of the molecule is CC(C)C[C@H](CO)NC(=O)c1ccc(N2CCCC2)nc1. The molecule has 1 atom stereocenters. The monoisotopic (exact) mass is 291 g/mol. The molecule has 2 heterocycles. The maximum Gasteiger partial charge on any atom is 0.253 e. The fraction of sp³-hybridized carbons (Fsp3) is 0.625. The highest BCUT2D eigenvalue weighted by molar-refractivity contribution is 5.94. The van der Waals surface area contributed by atoms with Crippen molar-refractivity contribution in [3.63, 3.8) is 0 Å². The molecule has 1 amide bonds. The Morgan fingerprint density at radius 1 is 1.38 bits per heavy atom. The summed E-state index contributed by atoms with van der Waals surface area (Å²) in [7, 11) is 0. The zero-order valence-electron chi connectivity index (χ0n) is 12.9. The van der Waals surface area contributed by atoms with E-state index >= 15 is 0 Å². The smallest absolute Gasteiger partial charge is 0.253 e. The number of anilines is 1. The van der Waals surface area contributed by atoms with Gasteiger partial charge in [-0.2, -0.15) is 0 Å². The predicted molar refractivity (Wildman–Crippen MR) is 83.5 cm³/mol. The van der Waals surface area contributed by atoms with Gasteiger partial charge in [-0.05, 0) is 37.3 Å². The Bertz CT molecular complexity index is 453. The van der Waals surface area contributed by atoms with Gasteiger partial charge in [0.25, 0.3) is 5.91 Å².